The molecule has 4 aromatic carbocycles. The third kappa shape index (κ3) is 7.28. The molecule has 0 unspecified atom stereocenters. The third-order valence-electron chi connectivity index (χ3n) is 6.90. The molecule has 5 heteroatoms. The van der Waals surface area contributed by atoms with Crippen LogP contribution in [0, 0.1) is 36.6 Å². The maximum absolute atomic E-state index is 13.6. The van der Waals surface area contributed by atoms with Crippen LogP contribution in [0.4, 0.5) is 4.39 Å². The Labute approximate surface area is 255 Å². The topological polar surface area (TPSA) is 50.2 Å². The average molecular weight is 727 g/mol. The first-order valence-electron chi connectivity index (χ1n) is 13.5. The standard InChI is InChI=1S/C25H17FN.C11H20O2.Ir/c1-15-11-16(2)13-18(12-15)25-24-8-7-21-20-6-4-19(26)14-17(20)3-5-22(21)23(24)9-10-27-25;1-10(2,3)8(12)7-9(13)11(4,5)6;/h3-12,14H,1-2H3;7,12H,1-6H3;/q-1;;/b;8-7-;. The monoisotopic (exact) mass is 727 g/mol. The Hall–Kier alpha value is -3.40. The van der Waals surface area contributed by atoms with Crippen LogP contribution in [0.15, 0.2) is 78.7 Å². The summed E-state index contributed by atoms with van der Waals surface area (Å²) in [6.45, 7) is 15.3. The Morgan fingerprint density at radius 3 is 2.02 bits per heavy atom. The minimum atomic E-state index is -0.417. The number of rotatable bonds is 2. The van der Waals surface area contributed by atoms with Crippen LogP contribution in [-0.2, 0) is 24.9 Å². The SMILES string of the molecule is CC(C)(C)C(=O)/C=C(\O)C(C)(C)C.Cc1[c-]c(-c2nccc3c2ccc2c4ccc(F)cc4ccc32)cc(C)c1.[Ir]. The summed E-state index contributed by atoms with van der Waals surface area (Å²) in [5, 5.41) is 16.1. The van der Waals surface area contributed by atoms with Gasteiger partial charge in [-0.1, -0.05) is 85.7 Å². The first-order valence-corrected chi connectivity index (χ1v) is 13.5. The Bertz CT molecular complexity index is 1750. The van der Waals surface area contributed by atoms with Crippen LogP contribution in [-0.4, -0.2) is 15.9 Å². The van der Waals surface area contributed by atoms with Gasteiger partial charge in [-0.15, -0.1) is 34.9 Å². The number of pyridine rings is 1. The van der Waals surface area contributed by atoms with Crippen LogP contribution in [0.25, 0.3) is 43.6 Å². The Morgan fingerprint density at radius 1 is 0.805 bits per heavy atom. The van der Waals surface area contributed by atoms with Gasteiger partial charge in [-0.3, -0.25) is 4.79 Å². The molecule has 5 rings (SSSR count). The molecule has 0 aliphatic carbocycles. The van der Waals surface area contributed by atoms with Gasteiger partial charge in [-0.05, 0) is 56.2 Å². The Morgan fingerprint density at radius 2 is 1.39 bits per heavy atom. The molecule has 1 heterocycles. The number of carbonyl (C=O) groups excluding carboxylic acids is 1. The molecular weight excluding hydrogens is 690 g/mol. The van der Waals surface area contributed by atoms with Crippen molar-refractivity contribution < 1.29 is 34.4 Å². The van der Waals surface area contributed by atoms with E-state index in [2.05, 4.69) is 61.3 Å². The van der Waals surface area contributed by atoms with Crippen molar-refractivity contribution in [3.8, 4) is 11.3 Å². The third-order valence-corrected chi connectivity index (χ3v) is 6.90. The molecule has 0 atom stereocenters. The molecule has 0 saturated heterocycles. The molecule has 0 bridgehead atoms. The van der Waals surface area contributed by atoms with Gasteiger partial charge in [0.05, 0.1) is 0 Å². The fraction of sp³-hybridized carbons (Fsp3) is 0.278. The molecule has 0 fully saturated rings. The minimum Gasteiger partial charge on any atom is -0.512 e. The summed E-state index contributed by atoms with van der Waals surface area (Å²) < 4.78 is 13.6. The van der Waals surface area contributed by atoms with Crippen molar-refractivity contribution in [2.75, 3.05) is 0 Å². The van der Waals surface area contributed by atoms with Gasteiger partial charge in [0.25, 0.3) is 0 Å². The van der Waals surface area contributed by atoms with E-state index in [0.29, 0.717) is 0 Å². The van der Waals surface area contributed by atoms with Crippen molar-refractivity contribution >= 4 is 38.1 Å². The molecule has 3 nitrogen and oxygen atoms in total. The molecule has 5 aromatic rings. The Balaban J connectivity index is 0.000000284. The van der Waals surface area contributed by atoms with E-state index in [1.165, 1.54) is 17.7 Å². The number of allylic oxidation sites excluding steroid dienone is 2. The van der Waals surface area contributed by atoms with Crippen LogP contribution < -0.4 is 0 Å². The number of benzene rings is 4. The second kappa shape index (κ2) is 12.2. The smallest absolute Gasteiger partial charge is 0.164 e. The number of ketones is 1. The largest absolute Gasteiger partial charge is 0.512 e. The van der Waals surface area contributed by atoms with E-state index in [4.69, 9.17) is 0 Å². The van der Waals surface area contributed by atoms with Gasteiger partial charge in [-0.2, -0.15) is 0 Å². The average Bonchev–Trinajstić information content (AvgIpc) is 2.86. The van der Waals surface area contributed by atoms with Crippen LogP contribution in [0.2, 0.25) is 0 Å². The van der Waals surface area contributed by atoms with Crippen molar-refractivity contribution in [3.63, 3.8) is 0 Å². The van der Waals surface area contributed by atoms with Crippen molar-refractivity contribution in [1.29, 1.82) is 0 Å². The van der Waals surface area contributed by atoms with Gasteiger partial charge in [0.15, 0.2) is 5.78 Å². The molecule has 1 N–H and O–H groups in total. The number of hydrogen-bond acceptors (Lipinski definition) is 3. The molecule has 0 amide bonds. The number of aryl methyl sites for hydroxylation is 2. The second-order valence-corrected chi connectivity index (χ2v) is 12.5. The molecule has 0 aliphatic heterocycles. The normalized spacial score (nSPS) is 12.2. The summed E-state index contributed by atoms with van der Waals surface area (Å²) in [6.07, 6.45) is 3.19. The molecule has 0 saturated carbocycles. The summed E-state index contributed by atoms with van der Waals surface area (Å²) in [5.74, 6) is -0.105. The molecule has 1 radical (unpaired) electrons. The van der Waals surface area contributed by atoms with Crippen LogP contribution >= 0.6 is 0 Å². The van der Waals surface area contributed by atoms with Crippen molar-refractivity contribution in [2.45, 2.75) is 55.4 Å². The maximum Gasteiger partial charge on any atom is 0.164 e. The van der Waals surface area contributed by atoms with Gasteiger partial charge in [0, 0.05) is 43.2 Å². The summed E-state index contributed by atoms with van der Waals surface area (Å²) in [4.78, 5) is 16.1. The predicted octanol–water partition coefficient (Wildman–Crippen LogP) is 9.85. The first kappa shape index (κ1) is 32.1. The number of aliphatic hydroxyl groups excluding tert-OH is 1. The van der Waals surface area contributed by atoms with E-state index in [1.54, 1.807) is 6.07 Å². The van der Waals surface area contributed by atoms with Gasteiger partial charge in [0.1, 0.15) is 11.6 Å². The first-order chi connectivity index (χ1) is 18.6. The quantitative estimate of drug-likeness (QED) is 0.0853. The number of aliphatic hydroxyl groups is 1. The summed E-state index contributed by atoms with van der Waals surface area (Å²) in [7, 11) is 0. The van der Waals surface area contributed by atoms with E-state index in [0.717, 1.165) is 49.1 Å². The number of fused-ring (bicyclic) bond motifs is 5. The number of hydrogen-bond donors (Lipinski definition) is 1. The van der Waals surface area contributed by atoms with Gasteiger partial charge in [0.2, 0.25) is 0 Å². The predicted molar refractivity (Wildman–Crippen MR) is 165 cm³/mol. The number of nitrogens with zero attached hydrogens (tertiary/aromatic N) is 1. The summed E-state index contributed by atoms with van der Waals surface area (Å²) in [5.41, 5.74) is 3.51. The number of aromatic nitrogens is 1. The molecule has 0 aliphatic rings. The summed E-state index contributed by atoms with van der Waals surface area (Å²) >= 11 is 0. The molecular formula is C36H37FIrNO2-. The zero-order valence-electron chi connectivity index (χ0n) is 24.9. The van der Waals surface area contributed by atoms with Gasteiger partial charge >= 0.3 is 0 Å². The summed E-state index contributed by atoms with van der Waals surface area (Å²) in [6, 6.07) is 23.0. The second-order valence-electron chi connectivity index (χ2n) is 12.5. The zero-order chi connectivity index (χ0) is 29.4. The molecule has 0 spiro atoms. The van der Waals surface area contributed by atoms with Gasteiger partial charge < -0.3 is 10.1 Å². The maximum atomic E-state index is 13.6. The van der Waals surface area contributed by atoms with E-state index in [-0.39, 0.29) is 42.9 Å². The van der Waals surface area contributed by atoms with E-state index >= 15 is 0 Å². The fourth-order valence-corrected chi connectivity index (χ4v) is 4.58. The molecule has 215 valence electrons. The zero-order valence-corrected chi connectivity index (χ0v) is 27.3. The van der Waals surface area contributed by atoms with Crippen LogP contribution in [0.5, 0.6) is 0 Å². The number of carbonyl (C=O) groups is 1. The van der Waals surface area contributed by atoms with Crippen LogP contribution in [0.1, 0.15) is 52.7 Å². The molecule has 41 heavy (non-hydrogen) atoms. The molecule has 1 aromatic heterocycles. The van der Waals surface area contributed by atoms with E-state index in [1.807, 2.05) is 59.9 Å². The van der Waals surface area contributed by atoms with E-state index < -0.39 is 5.41 Å². The minimum absolute atomic E-state index is 0. The number of halogens is 1. The van der Waals surface area contributed by atoms with Crippen LogP contribution in [0.3, 0.4) is 0 Å². The van der Waals surface area contributed by atoms with Gasteiger partial charge in [-0.25, -0.2) is 4.39 Å². The van der Waals surface area contributed by atoms with Crippen molar-refractivity contribution in [3.05, 3.63) is 102 Å². The van der Waals surface area contributed by atoms with Crippen molar-refractivity contribution in [1.82, 2.24) is 4.98 Å². The van der Waals surface area contributed by atoms with Crippen molar-refractivity contribution in [2.24, 2.45) is 10.8 Å². The van der Waals surface area contributed by atoms with E-state index in [9.17, 15) is 14.3 Å². The fourth-order valence-electron chi connectivity index (χ4n) is 4.58. The Kier molecular flexibility index (Phi) is 9.58.